The number of hydrogen-bond acceptors (Lipinski definition) is 0. The second-order valence-corrected chi connectivity index (χ2v) is 9.02. The van der Waals surface area contributed by atoms with Crippen LogP contribution in [-0.4, -0.2) is 0 Å². The Balaban J connectivity index is 1.57. The van der Waals surface area contributed by atoms with Crippen molar-refractivity contribution in [1.82, 2.24) is 0 Å². The average Bonchev–Trinajstić information content (AvgIpc) is 2.80. The zero-order valence-corrected chi connectivity index (χ0v) is 19.7. The minimum atomic E-state index is 0.653. The SMILES string of the molecule is CCC(C/C=C/CCC(C)c1ccccc1)CCCCCC(CC)c1ccccc1. The number of hydrogen-bond donors (Lipinski definition) is 0. The summed E-state index contributed by atoms with van der Waals surface area (Å²) >= 11 is 0. The van der Waals surface area contributed by atoms with Gasteiger partial charge in [0.05, 0.1) is 0 Å². The molecule has 30 heavy (non-hydrogen) atoms. The summed E-state index contributed by atoms with van der Waals surface area (Å²) in [4.78, 5) is 0. The first-order valence-electron chi connectivity index (χ1n) is 12.5. The van der Waals surface area contributed by atoms with Crippen LogP contribution >= 0.6 is 0 Å². The lowest BCUT2D eigenvalue weighted by atomic mass is 9.89. The standard InChI is InChI=1S/C30H44/c1-4-27(19-11-6-10-18-26(3)29-22-14-8-15-23-29)20-12-7-13-21-28(5-2)30-24-16-9-17-25-30/h6,8-9,11,14-17,22-28H,4-5,7,10,12-13,18-21H2,1-3H3/b11-6+. The summed E-state index contributed by atoms with van der Waals surface area (Å²) in [6, 6.07) is 22.0. The van der Waals surface area contributed by atoms with Gasteiger partial charge in [0.25, 0.3) is 0 Å². The maximum atomic E-state index is 2.45. The lowest BCUT2D eigenvalue weighted by Gasteiger charge is -2.16. The number of benzene rings is 2. The first kappa shape index (κ1) is 24.4. The van der Waals surface area contributed by atoms with Crippen LogP contribution in [0.1, 0.15) is 108 Å². The van der Waals surface area contributed by atoms with Crippen molar-refractivity contribution in [3.8, 4) is 0 Å². The second-order valence-electron chi connectivity index (χ2n) is 9.02. The van der Waals surface area contributed by atoms with E-state index in [-0.39, 0.29) is 0 Å². The van der Waals surface area contributed by atoms with Gasteiger partial charge in [-0.05, 0) is 61.0 Å². The van der Waals surface area contributed by atoms with Crippen molar-refractivity contribution in [2.24, 2.45) is 5.92 Å². The van der Waals surface area contributed by atoms with Gasteiger partial charge in [0.1, 0.15) is 0 Å². The highest BCUT2D eigenvalue weighted by molar-refractivity contribution is 5.19. The molecule has 2 rings (SSSR count). The van der Waals surface area contributed by atoms with Gasteiger partial charge in [0.15, 0.2) is 0 Å². The summed E-state index contributed by atoms with van der Waals surface area (Å²) in [5.41, 5.74) is 2.99. The fraction of sp³-hybridized carbons (Fsp3) is 0.533. The lowest BCUT2D eigenvalue weighted by Crippen LogP contribution is -1.99. The molecule has 2 aromatic carbocycles. The Labute approximate surface area is 186 Å². The Bertz CT molecular complexity index is 670. The Morgan fingerprint density at radius 1 is 0.667 bits per heavy atom. The Kier molecular flexibility index (Phi) is 12.3. The van der Waals surface area contributed by atoms with E-state index in [0.717, 1.165) is 11.8 Å². The summed E-state index contributed by atoms with van der Waals surface area (Å²) < 4.78 is 0. The van der Waals surface area contributed by atoms with Crippen molar-refractivity contribution in [2.45, 2.75) is 96.8 Å². The van der Waals surface area contributed by atoms with Crippen molar-refractivity contribution in [3.05, 3.63) is 83.9 Å². The van der Waals surface area contributed by atoms with Gasteiger partial charge in [-0.25, -0.2) is 0 Å². The molecule has 0 heteroatoms. The highest BCUT2D eigenvalue weighted by Gasteiger charge is 2.09. The van der Waals surface area contributed by atoms with E-state index in [1.54, 1.807) is 0 Å². The maximum Gasteiger partial charge on any atom is -0.0165 e. The Morgan fingerprint density at radius 2 is 1.30 bits per heavy atom. The molecule has 0 saturated heterocycles. The highest BCUT2D eigenvalue weighted by Crippen LogP contribution is 2.26. The van der Waals surface area contributed by atoms with E-state index in [4.69, 9.17) is 0 Å². The van der Waals surface area contributed by atoms with Crippen molar-refractivity contribution in [3.63, 3.8) is 0 Å². The zero-order chi connectivity index (χ0) is 21.4. The van der Waals surface area contributed by atoms with Gasteiger partial charge in [-0.2, -0.15) is 0 Å². The summed E-state index contributed by atoms with van der Waals surface area (Å²) in [7, 11) is 0. The topological polar surface area (TPSA) is 0 Å². The molecule has 0 aliphatic rings. The minimum absolute atomic E-state index is 0.653. The average molecular weight is 405 g/mol. The van der Waals surface area contributed by atoms with Gasteiger partial charge in [-0.15, -0.1) is 0 Å². The third kappa shape index (κ3) is 9.33. The van der Waals surface area contributed by atoms with E-state index in [1.807, 2.05) is 0 Å². The van der Waals surface area contributed by atoms with Crippen LogP contribution in [-0.2, 0) is 0 Å². The molecule has 0 nitrogen and oxygen atoms in total. The van der Waals surface area contributed by atoms with E-state index in [9.17, 15) is 0 Å². The maximum absolute atomic E-state index is 2.45. The molecule has 164 valence electrons. The molecule has 0 spiro atoms. The monoisotopic (exact) mass is 404 g/mol. The van der Waals surface area contributed by atoms with Gasteiger partial charge in [-0.1, -0.05) is 126 Å². The predicted octanol–water partition coefficient (Wildman–Crippen LogP) is 9.69. The number of allylic oxidation sites excluding steroid dienone is 2. The molecule has 0 aliphatic heterocycles. The molecule has 0 fully saturated rings. The molecular formula is C30H44. The van der Waals surface area contributed by atoms with Gasteiger partial charge in [-0.3, -0.25) is 0 Å². The van der Waals surface area contributed by atoms with Crippen LogP contribution in [0, 0.1) is 5.92 Å². The molecule has 0 aromatic heterocycles. The fourth-order valence-electron chi connectivity index (χ4n) is 4.52. The zero-order valence-electron chi connectivity index (χ0n) is 19.7. The lowest BCUT2D eigenvalue weighted by molar-refractivity contribution is 0.437. The van der Waals surface area contributed by atoms with E-state index in [2.05, 4.69) is 93.6 Å². The first-order chi connectivity index (χ1) is 14.7. The molecule has 0 amide bonds. The van der Waals surface area contributed by atoms with Gasteiger partial charge >= 0.3 is 0 Å². The predicted molar refractivity (Wildman–Crippen MR) is 134 cm³/mol. The van der Waals surface area contributed by atoms with E-state index in [0.29, 0.717) is 5.92 Å². The molecule has 0 aliphatic carbocycles. The molecule has 0 radical (unpaired) electrons. The normalized spacial score (nSPS) is 14.6. The van der Waals surface area contributed by atoms with E-state index >= 15 is 0 Å². The van der Waals surface area contributed by atoms with Gasteiger partial charge < -0.3 is 0 Å². The van der Waals surface area contributed by atoms with Crippen molar-refractivity contribution in [1.29, 1.82) is 0 Å². The molecule has 2 aromatic rings. The van der Waals surface area contributed by atoms with Gasteiger partial charge in [0, 0.05) is 0 Å². The summed E-state index contributed by atoms with van der Waals surface area (Å²) in [5, 5.41) is 0. The van der Waals surface area contributed by atoms with Crippen molar-refractivity contribution in [2.75, 3.05) is 0 Å². The molecule has 0 saturated carbocycles. The third-order valence-corrected chi connectivity index (χ3v) is 6.78. The fourth-order valence-corrected chi connectivity index (χ4v) is 4.52. The molecule has 3 atom stereocenters. The van der Waals surface area contributed by atoms with Crippen LogP contribution in [0.15, 0.2) is 72.8 Å². The summed E-state index contributed by atoms with van der Waals surface area (Å²) in [6.45, 7) is 7.04. The van der Waals surface area contributed by atoms with E-state index < -0.39 is 0 Å². The molecule has 3 unspecified atom stereocenters. The third-order valence-electron chi connectivity index (χ3n) is 6.78. The van der Waals surface area contributed by atoms with Crippen LogP contribution < -0.4 is 0 Å². The largest absolute Gasteiger partial charge is 0.0885 e. The highest BCUT2D eigenvalue weighted by atomic mass is 14.1. The van der Waals surface area contributed by atoms with Crippen LogP contribution in [0.5, 0.6) is 0 Å². The number of unbranched alkanes of at least 4 members (excludes halogenated alkanes) is 2. The molecule has 0 bridgehead atoms. The number of rotatable bonds is 15. The van der Waals surface area contributed by atoms with Gasteiger partial charge in [0.2, 0.25) is 0 Å². The first-order valence-corrected chi connectivity index (χ1v) is 12.5. The molecule has 0 heterocycles. The Hall–Kier alpha value is -1.82. The summed E-state index contributed by atoms with van der Waals surface area (Å²) in [6.07, 6.45) is 18.0. The molecular weight excluding hydrogens is 360 g/mol. The van der Waals surface area contributed by atoms with Crippen molar-refractivity contribution >= 4 is 0 Å². The van der Waals surface area contributed by atoms with Crippen LogP contribution in [0.3, 0.4) is 0 Å². The smallest absolute Gasteiger partial charge is 0.0165 e. The van der Waals surface area contributed by atoms with Crippen LogP contribution in [0.25, 0.3) is 0 Å². The van der Waals surface area contributed by atoms with Crippen LogP contribution in [0.4, 0.5) is 0 Å². The van der Waals surface area contributed by atoms with Crippen LogP contribution in [0.2, 0.25) is 0 Å². The summed E-state index contributed by atoms with van der Waals surface area (Å²) in [5.74, 6) is 2.26. The van der Waals surface area contributed by atoms with E-state index in [1.165, 1.54) is 75.3 Å². The molecule has 0 N–H and O–H groups in total. The minimum Gasteiger partial charge on any atom is -0.0885 e. The second kappa shape index (κ2) is 15.1. The van der Waals surface area contributed by atoms with Crippen molar-refractivity contribution < 1.29 is 0 Å². The quantitative estimate of drug-likeness (QED) is 0.205. The Morgan fingerprint density at radius 3 is 1.93 bits per heavy atom.